The predicted octanol–water partition coefficient (Wildman–Crippen LogP) is 3.37. The summed E-state index contributed by atoms with van der Waals surface area (Å²) in [5, 5.41) is 0. The van der Waals surface area contributed by atoms with Crippen molar-refractivity contribution < 1.29 is 0 Å². The molecule has 0 amide bonds. The van der Waals surface area contributed by atoms with Crippen molar-refractivity contribution in [3.63, 3.8) is 0 Å². The molecule has 0 bridgehead atoms. The zero-order valence-electron chi connectivity index (χ0n) is 15.3. The van der Waals surface area contributed by atoms with E-state index in [1.165, 1.54) is 5.56 Å². The van der Waals surface area contributed by atoms with E-state index in [1.54, 1.807) is 6.20 Å². The molecule has 1 aromatic carbocycles. The van der Waals surface area contributed by atoms with Gasteiger partial charge in [-0.3, -0.25) is 9.88 Å². The van der Waals surface area contributed by atoms with Crippen LogP contribution in [0.25, 0.3) is 17.3 Å². The highest BCUT2D eigenvalue weighted by Gasteiger charge is 2.18. The van der Waals surface area contributed by atoms with Crippen LogP contribution in [0.1, 0.15) is 5.56 Å². The normalized spacial score (nSPS) is 15.3. The summed E-state index contributed by atoms with van der Waals surface area (Å²) in [6.45, 7) is 4.88. The first kappa shape index (κ1) is 17.4. The van der Waals surface area contributed by atoms with E-state index in [0.29, 0.717) is 0 Å². The van der Waals surface area contributed by atoms with Crippen LogP contribution in [-0.2, 0) is 0 Å². The average molecular weight is 357 g/mol. The van der Waals surface area contributed by atoms with Crippen molar-refractivity contribution in [3.05, 3.63) is 78.8 Å². The number of anilines is 1. The summed E-state index contributed by atoms with van der Waals surface area (Å²) in [6, 6.07) is 16.3. The summed E-state index contributed by atoms with van der Waals surface area (Å²) in [6.07, 6.45) is 9.87. The number of piperazine rings is 1. The molecule has 5 nitrogen and oxygen atoms in total. The van der Waals surface area contributed by atoms with Gasteiger partial charge in [0.25, 0.3) is 0 Å². The third kappa shape index (κ3) is 4.57. The van der Waals surface area contributed by atoms with Crippen LogP contribution in [0.4, 0.5) is 5.95 Å². The minimum atomic E-state index is 0.802. The van der Waals surface area contributed by atoms with Crippen LogP contribution in [0, 0.1) is 0 Å². The maximum Gasteiger partial charge on any atom is 0.225 e. The first-order valence-electron chi connectivity index (χ1n) is 9.31. The Morgan fingerprint density at radius 3 is 2.52 bits per heavy atom. The van der Waals surface area contributed by atoms with Gasteiger partial charge in [-0.25, -0.2) is 9.97 Å². The van der Waals surface area contributed by atoms with Gasteiger partial charge in [0.2, 0.25) is 5.95 Å². The number of benzene rings is 1. The molecule has 0 radical (unpaired) electrons. The van der Waals surface area contributed by atoms with Crippen LogP contribution in [0.5, 0.6) is 0 Å². The number of rotatable bonds is 5. The largest absolute Gasteiger partial charge is 0.338 e. The van der Waals surface area contributed by atoms with E-state index in [1.807, 2.05) is 36.7 Å². The van der Waals surface area contributed by atoms with Gasteiger partial charge in [-0.05, 0) is 23.8 Å². The minimum absolute atomic E-state index is 0.802. The lowest BCUT2D eigenvalue weighted by atomic mass is 10.2. The second kappa shape index (κ2) is 8.56. The van der Waals surface area contributed by atoms with E-state index in [2.05, 4.69) is 56.2 Å². The van der Waals surface area contributed by atoms with Crippen molar-refractivity contribution in [1.82, 2.24) is 19.9 Å². The topological polar surface area (TPSA) is 45.2 Å². The van der Waals surface area contributed by atoms with E-state index in [-0.39, 0.29) is 0 Å². The second-order valence-electron chi connectivity index (χ2n) is 6.58. The Balaban J connectivity index is 1.33. The highest BCUT2D eigenvalue weighted by molar-refractivity contribution is 5.58. The molecule has 0 atom stereocenters. The van der Waals surface area contributed by atoms with Gasteiger partial charge < -0.3 is 4.90 Å². The van der Waals surface area contributed by atoms with Crippen LogP contribution < -0.4 is 4.90 Å². The zero-order chi connectivity index (χ0) is 18.3. The van der Waals surface area contributed by atoms with Gasteiger partial charge in [0, 0.05) is 56.9 Å². The molecular formula is C22H23N5. The molecule has 2 aromatic heterocycles. The SMILES string of the molecule is C(=Cc1ccccc1)CN1CCN(c2nccc(-c3cccnc3)n2)CC1. The van der Waals surface area contributed by atoms with Crippen molar-refractivity contribution in [2.75, 3.05) is 37.6 Å². The second-order valence-corrected chi connectivity index (χ2v) is 6.58. The van der Waals surface area contributed by atoms with Crippen molar-refractivity contribution in [2.24, 2.45) is 0 Å². The van der Waals surface area contributed by atoms with Gasteiger partial charge in [-0.2, -0.15) is 0 Å². The lowest BCUT2D eigenvalue weighted by molar-refractivity contribution is 0.283. The number of hydrogen-bond acceptors (Lipinski definition) is 5. The zero-order valence-corrected chi connectivity index (χ0v) is 15.3. The van der Waals surface area contributed by atoms with E-state index < -0.39 is 0 Å². The summed E-state index contributed by atoms with van der Waals surface area (Å²) in [5.74, 6) is 0.802. The van der Waals surface area contributed by atoms with Gasteiger partial charge >= 0.3 is 0 Å². The van der Waals surface area contributed by atoms with Crippen molar-refractivity contribution in [2.45, 2.75) is 0 Å². The third-order valence-electron chi connectivity index (χ3n) is 4.73. The molecule has 5 heteroatoms. The maximum atomic E-state index is 4.74. The molecule has 4 rings (SSSR count). The van der Waals surface area contributed by atoms with Gasteiger partial charge in [0.05, 0.1) is 5.69 Å². The lowest BCUT2D eigenvalue weighted by Crippen LogP contribution is -2.46. The van der Waals surface area contributed by atoms with Crippen LogP contribution in [0.15, 0.2) is 73.2 Å². The third-order valence-corrected chi connectivity index (χ3v) is 4.73. The Bertz CT molecular complexity index is 871. The first-order chi connectivity index (χ1) is 13.4. The molecule has 0 aliphatic carbocycles. The van der Waals surface area contributed by atoms with Gasteiger partial charge in [-0.15, -0.1) is 0 Å². The molecule has 0 spiro atoms. The number of pyridine rings is 1. The molecule has 1 aliphatic rings. The fourth-order valence-electron chi connectivity index (χ4n) is 3.21. The van der Waals surface area contributed by atoms with Crippen molar-refractivity contribution in [3.8, 4) is 11.3 Å². The number of aromatic nitrogens is 3. The van der Waals surface area contributed by atoms with E-state index in [4.69, 9.17) is 4.98 Å². The van der Waals surface area contributed by atoms with Crippen LogP contribution in [0.2, 0.25) is 0 Å². The Kier molecular flexibility index (Phi) is 5.50. The highest BCUT2D eigenvalue weighted by atomic mass is 15.3. The Morgan fingerprint density at radius 2 is 1.74 bits per heavy atom. The molecular weight excluding hydrogens is 334 g/mol. The standard InChI is InChI=1S/C22H23N5/c1-2-6-19(7-3-1)8-5-13-26-14-16-27(17-15-26)22-24-12-10-21(25-22)20-9-4-11-23-18-20/h1-12,18H,13-17H2. The fraction of sp³-hybridized carbons (Fsp3) is 0.227. The van der Waals surface area contributed by atoms with Crippen LogP contribution in [0.3, 0.4) is 0 Å². The monoisotopic (exact) mass is 357 g/mol. The molecule has 1 aliphatic heterocycles. The predicted molar refractivity (Wildman–Crippen MR) is 109 cm³/mol. The highest BCUT2D eigenvalue weighted by Crippen LogP contribution is 2.18. The molecule has 0 saturated carbocycles. The molecule has 3 aromatic rings. The van der Waals surface area contributed by atoms with Crippen LogP contribution in [-0.4, -0.2) is 52.6 Å². The number of nitrogens with zero attached hydrogens (tertiary/aromatic N) is 5. The van der Waals surface area contributed by atoms with E-state index in [0.717, 1.165) is 49.9 Å². The smallest absolute Gasteiger partial charge is 0.225 e. The quantitative estimate of drug-likeness (QED) is 0.700. The summed E-state index contributed by atoms with van der Waals surface area (Å²) < 4.78 is 0. The summed E-state index contributed by atoms with van der Waals surface area (Å²) in [4.78, 5) is 18.1. The molecule has 0 unspecified atom stereocenters. The molecule has 27 heavy (non-hydrogen) atoms. The van der Waals surface area contributed by atoms with Crippen LogP contribution >= 0.6 is 0 Å². The summed E-state index contributed by atoms with van der Waals surface area (Å²) in [5.41, 5.74) is 3.18. The fourth-order valence-corrected chi connectivity index (χ4v) is 3.21. The molecule has 1 fully saturated rings. The van der Waals surface area contributed by atoms with Crippen molar-refractivity contribution in [1.29, 1.82) is 0 Å². The maximum absolute atomic E-state index is 4.74. The van der Waals surface area contributed by atoms with E-state index in [9.17, 15) is 0 Å². The van der Waals surface area contributed by atoms with Gasteiger partial charge in [0.1, 0.15) is 0 Å². The molecule has 3 heterocycles. The first-order valence-corrected chi connectivity index (χ1v) is 9.31. The Morgan fingerprint density at radius 1 is 0.889 bits per heavy atom. The molecule has 1 saturated heterocycles. The Hall–Kier alpha value is -3.05. The van der Waals surface area contributed by atoms with E-state index >= 15 is 0 Å². The average Bonchev–Trinajstić information content (AvgIpc) is 2.76. The van der Waals surface area contributed by atoms with Crippen molar-refractivity contribution >= 4 is 12.0 Å². The minimum Gasteiger partial charge on any atom is -0.338 e. The lowest BCUT2D eigenvalue weighted by Gasteiger charge is -2.34. The van der Waals surface area contributed by atoms with Gasteiger partial charge in [-0.1, -0.05) is 42.5 Å². The van der Waals surface area contributed by atoms with Gasteiger partial charge in [0.15, 0.2) is 0 Å². The Labute approximate surface area is 160 Å². The summed E-state index contributed by atoms with van der Waals surface area (Å²) in [7, 11) is 0. The number of hydrogen-bond donors (Lipinski definition) is 0. The molecule has 0 N–H and O–H groups in total. The summed E-state index contributed by atoms with van der Waals surface area (Å²) >= 11 is 0. The molecule has 136 valence electrons.